The summed E-state index contributed by atoms with van der Waals surface area (Å²) in [6.45, 7) is 1.32. The molecule has 1 amide bonds. The van der Waals surface area contributed by atoms with E-state index in [4.69, 9.17) is 0 Å². The minimum atomic E-state index is -1.99. The van der Waals surface area contributed by atoms with E-state index in [2.05, 4.69) is 25.7 Å². The van der Waals surface area contributed by atoms with Crippen molar-refractivity contribution in [1.29, 1.82) is 0 Å². The normalized spacial score (nSPS) is 12.6. The first kappa shape index (κ1) is 25.7. The van der Waals surface area contributed by atoms with Crippen molar-refractivity contribution in [3.05, 3.63) is 121 Å². The van der Waals surface area contributed by atoms with Crippen molar-refractivity contribution in [1.82, 2.24) is 14.8 Å². The first-order valence-electron chi connectivity index (χ1n) is 12.2. The molecule has 5 aromatic rings. The van der Waals surface area contributed by atoms with Gasteiger partial charge in [0.15, 0.2) is 16.8 Å². The van der Waals surface area contributed by atoms with Crippen molar-refractivity contribution in [3.8, 4) is 17.1 Å². The smallest absolute Gasteiger partial charge is 0.273 e. The molecular formula is C30H24N6O2S. The molecule has 1 N–H and O–H groups in total. The monoisotopic (exact) mass is 532 g/mol. The van der Waals surface area contributed by atoms with Crippen molar-refractivity contribution in [2.75, 3.05) is 5.32 Å². The van der Waals surface area contributed by atoms with Crippen LogP contribution in [0.3, 0.4) is 0 Å². The summed E-state index contributed by atoms with van der Waals surface area (Å²) in [5.41, 5.74) is 2.63. The zero-order chi connectivity index (χ0) is 27.1. The van der Waals surface area contributed by atoms with Crippen molar-refractivity contribution in [2.45, 2.75) is 17.0 Å². The lowest BCUT2D eigenvalue weighted by molar-refractivity contribution is -0.127. The number of nitrogens with zero attached hydrogens (tertiary/aromatic N) is 5. The fraction of sp³-hybridized carbons (Fsp3) is 0.0667. The number of Topliss-reactive ketones (excluding diaryl/α,β-unsaturated/α-hetero) is 1. The molecule has 0 aliphatic rings. The summed E-state index contributed by atoms with van der Waals surface area (Å²) in [6.07, 6.45) is 0. The van der Waals surface area contributed by atoms with Crippen molar-refractivity contribution < 1.29 is 9.59 Å². The van der Waals surface area contributed by atoms with Gasteiger partial charge in [0, 0.05) is 16.9 Å². The number of thioether (sulfide) groups is 1. The fourth-order valence-electron chi connectivity index (χ4n) is 3.83. The Morgan fingerprint density at radius 1 is 0.769 bits per heavy atom. The van der Waals surface area contributed by atoms with E-state index in [0.717, 1.165) is 23.0 Å². The van der Waals surface area contributed by atoms with Gasteiger partial charge in [-0.2, -0.15) is 10.2 Å². The van der Waals surface area contributed by atoms with E-state index in [-0.39, 0.29) is 0 Å². The molecular weight excluding hydrogens is 508 g/mol. The topological polar surface area (TPSA) is 102 Å². The second kappa shape index (κ2) is 11.7. The third kappa shape index (κ3) is 5.68. The molecule has 0 spiro atoms. The Morgan fingerprint density at radius 3 is 1.95 bits per heavy atom. The number of azo groups is 1. The third-order valence-corrected chi connectivity index (χ3v) is 7.09. The summed E-state index contributed by atoms with van der Waals surface area (Å²) in [6, 6.07) is 36.9. The van der Waals surface area contributed by atoms with Crippen LogP contribution in [0.2, 0.25) is 0 Å². The molecule has 192 valence electrons. The van der Waals surface area contributed by atoms with Gasteiger partial charge in [0.1, 0.15) is 0 Å². The van der Waals surface area contributed by atoms with Gasteiger partial charge in [-0.1, -0.05) is 84.9 Å². The number of benzene rings is 4. The van der Waals surface area contributed by atoms with Crippen LogP contribution in [0, 0.1) is 0 Å². The zero-order valence-corrected chi connectivity index (χ0v) is 21.8. The summed E-state index contributed by atoms with van der Waals surface area (Å²) in [7, 11) is 0. The van der Waals surface area contributed by atoms with Crippen LogP contribution in [0.15, 0.2) is 137 Å². The lowest BCUT2D eigenvalue weighted by Gasteiger charge is -2.24. The maximum absolute atomic E-state index is 13.9. The second-order valence-corrected chi connectivity index (χ2v) is 9.66. The van der Waals surface area contributed by atoms with E-state index in [0.29, 0.717) is 22.4 Å². The van der Waals surface area contributed by atoms with Crippen LogP contribution in [0.5, 0.6) is 0 Å². The van der Waals surface area contributed by atoms with E-state index >= 15 is 0 Å². The van der Waals surface area contributed by atoms with Gasteiger partial charge in [-0.3, -0.25) is 14.2 Å². The number of para-hydroxylation sites is 2. The Balaban J connectivity index is 1.65. The van der Waals surface area contributed by atoms with Crippen LogP contribution in [0.1, 0.15) is 6.92 Å². The third-order valence-electron chi connectivity index (χ3n) is 5.80. The number of amides is 1. The lowest BCUT2D eigenvalue weighted by atomic mass is 10.2. The molecule has 0 radical (unpaired) electrons. The summed E-state index contributed by atoms with van der Waals surface area (Å²) < 4.78 is 1.81. The van der Waals surface area contributed by atoms with E-state index in [1.807, 2.05) is 77.4 Å². The van der Waals surface area contributed by atoms with Gasteiger partial charge in [-0.05, 0) is 55.1 Å². The van der Waals surface area contributed by atoms with Crippen molar-refractivity contribution in [3.63, 3.8) is 0 Å². The molecule has 0 saturated heterocycles. The first-order chi connectivity index (χ1) is 19.1. The Hall–Kier alpha value is -4.89. The highest BCUT2D eigenvalue weighted by Gasteiger charge is 2.47. The Labute approximate surface area is 229 Å². The Kier molecular flexibility index (Phi) is 7.70. The molecule has 39 heavy (non-hydrogen) atoms. The molecule has 0 bridgehead atoms. The average molecular weight is 533 g/mol. The lowest BCUT2D eigenvalue weighted by Crippen LogP contribution is -2.44. The van der Waals surface area contributed by atoms with Gasteiger partial charge in [-0.15, -0.1) is 10.2 Å². The molecule has 8 nitrogen and oxygen atoms in total. The highest BCUT2D eigenvalue weighted by Crippen LogP contribution is 2.39. The summed E-state index contributed by atoms with van der Waals surface area (Å²) in [4.78, 5) is 25.2. The number of rotatable bonds is 9. The van der Waals surface area contributed by atoms with Crippen LogP contribution in [-0.2, 0) is 9.59 Å². The zero-order valence-electron chi connectivity index (χ0n) is 21.0. The predicted molar refractivity (Wildman–Crippen MR) is 152 cm³/mol. The SMILES string of the molecule is CC(=O)[C@](N=Nc1ccccc1)(Sc1nnc(-c2ccccc2)n1-c1ccccc1)C(=O)Nc1ccccc1. The highest BCUT2D eigenvalue weighted by atomic mass is 32.2. The Bertz CT molecular complexity index is 1590. The van der Waals surface area contributed by atoms with Gasteiger partial charge in [0.2, 0.25) is 0 Å². The maximum atomic E-state index is 13.9. The molecule has 1 aromatic heterocycles. The predicted octanol–water partition coefficient (Wildman–Crippen LogP) is 6.73. The molecule has 0 aliphatic carbocycles. The van der Waals surface area contributed by atoms with Gasteiger partial charge in [0.25, 0.3) is 10.8 Å². The largest absolute Gasteiger partial charge is 0.323 e. The Morgan fingerprint density at radius 2 is 1.33 bits per heavy atom. The maximum Gasteiger partial charge on any atom is 0.273 e. The van der Waals surface area contributed by atoms with Crippen LogP contribution >= 0.6 is 11.8 Å². The van der Waals surface area contributed by atoms with E-state index < -0.39 is 16.6 Å². The van der Waals surface area contributed by atoms with Crippen molar-refractivity contribution >= 4 is 34.8 Å². The molecule has 4 aromatic carbocycles. The van der Waals surface area contributed by atoms with Gasteiger partial charge in [0.05, 0.1) is 5.69 Å². The molecule has 0 unspecified atom stereocenters. The molecule has 0 fully saturated rings. The van der Waals surface area contributed by atoms with Crippen LogP contribution in [0.4, 0.5) is 11.4 Å². The van der Waals surface area contributed by atoms with E-state index in [9.17, 15) is 9.59 Å². The first-order valence-corrected chi connectivity index (χ1v) is 13.0. The fourth-order valence-corrected chi connectivity index (χ4v) is 4.82. The number of carbonyl (C=O) groups excluding carboxylic acids is 2. The number of hydrogen-bond acceptors (Lipinski definition) is 7. The quantitative estimate of drug-likeness (QED) is 0.129. The number of anilines is 1. The molecule has 1 heterocycles. The van der Waals surface area contributed by atoms with Gasteiger partial charge in [-0.25, -0.2) is 0 Å². The van der Waals surface area contributed by atoms with E-state index in [1.165, 1.54) is 6.92 Å². The number of carbonyl (C=O) groups is 2. The van der Waals surface area contributed by atoms with Gasteiger partial charge < -0.3 is 5.32 Å². The van der Waals surface area contributed by atoms with Crippen LogP contribution in [0.25, 0.3) is 17.1 Å². The summed E-state index contributed by atoms with van der Waals surface area (Å²) in [5, 5.41) is 20.7. The van der Waals surface area contributed by atoms with E-state index in [1.54, 1.807) is 48.5 Å². The number of ketones is 1. The second-order valence-electron chi connectivity index (χ2n) is 8.50. The number of nitrogens with one attached hydrogen (secondary N) is 1. The molecule has 1 atom stereocenters. The van der Waals surface area contributed by atoms with Crippen LogP contribution in [-0.4, -0.2) is 31.3 Å². The number of aromatic nitrogens is 3. The summed E-state index contributed by atoms with van der Waals surface area (Å²) in [5.74, 6) is -0.593. The minimum absolute atomic E-state index is 0.311. The van der Waals surface area contributed by atoms with Crippen molar-refractivity contribution in [2.24, 2.45) is 10.2 Å². The molecule has 0 aliphatic heterocycles. The van der Waals surface area contributed by atoms with Crippen LogP contribution < -0.4 is 5.32 Å². The highest BCUT2D eigenvalue weighted by molar-refractivity contribution is 8.02. The molecule has 9 heteroatoms. The molecule has 5 rings (SSSR count). The van der Waals surface area contributed by atoms with Gasteiger partial charge >= 0.3 is 0 Å². The minimum Gasteiger partial charge on any atom is -0.323 e. The summed E-state index contributed by atoms with van der Waals surface area (Å²) >= 11 is 0.895. The standard InChI is InChI=1S/C30H24N6O2S/c1-22(37)30(35-32-25-18-10-4-11-19-25,28(38)31-24-16-8-3-9-17-24)39-29-34-33-27(23-14-6-2-7-15-23)36(29)26-20-12-5-13-21-26/h2-21H,1H3,(H,31,38)/t30-/m0/s1. The molecule has 0 saturated carbocycles. The average Bonchev–Trinajstić information content (AvgIpc) is 3.40. The number of hydrogen-bond donors (Lipinski definition) is 1.